The van der Waals surface area contributed by atoms with E-state index in [1.807, 2.05) is 38.1 Å². The summed E-state index contributed by atoms with van der Waals surface area (Å²) in [7, 11) is 0. The standard InChI is InChI=1S/C15H17N3OS3/c1-4-9-16-13(19)11(3)21-14-17-18(15(20)22-14)12-8-6-5-7-10(12)2/h4-8,11H,1,9H2,2-3H3,(H,16,19)/t11-/m0/s1. The topological polar surface area (TPSA) is 46.9 Å². The fraction of sp³-hybridized carbons (Fsp3) is 0.267. The van der Waals surface area contributed by atoms with Gasteiger partial charge in [0.2, 0.25) is 5.91 Å². The van der Waals surface area contributed by atoms with Crippen LogP contribution in [0.3, 0.4) is 0 Å². The van der Waals surface area contributed by atoms with E-state index in [1.165, 1.54) is 23.1 Å². The molecule has 0 fully saturated rings. The van der Waals surface area contributed by atoms with Gasteiger partial charge in [-0.3, -0.25) is 4.79 Å². The molecule has 0 aliphatic heterocycles. The third-order valence-corrected chi connectivity index (χ3v) is 5.36. The maximum atomic E-state index is 11.9. The van der Waals surface area contributed by atoms with Crippen LogP contribution in [0.4, 0.5) is 0 Å². The predicted octanol–water partition coefficient (Wildman–Crippen LogP) is 3.75. The number of thioether (sulfide) groups is 1. The Labute approximate surface area is 143 Å². The molecule has 1 heterocycles. The lowest BCUT2D eigenvalue weighted by molar-refractivity contribution is -0.120. The van der Waals surface area contributed by atoms with Crippen molar-refractivity contribution in [2.75, 3.05) is 6.54 Å². The van der Waals surface area contributed by atoms with Crippen LogP contribution in [-0.4, -0.2) is 27.5 Å². The summed E-state index contributed by atoms with van der Waals surface area (Å²) in [6.07, 6.45) is 1.66. The number of para-hydroxylation sites is 1. The molecule has 1 aromatic heterocycles. The highest BCUT2D eigenvalue weighted by Gasteiger charge is 2.17. The van der Waals surface area contributed by atoms with E-state index in [9.17, 15) is 4.79 Å². The molecule has 0 aliphatic rings. The van der Waals surface area contributed by atoms with Crippen LogP contribution < -0.4 is 5.32 Å². The van der Waals surface area contributed by atoms with E-state index in [0.29, 0.717) is 10.5 Å². The molecular formula is C15H17N3OS3. The molecule has 0 bridgehead atoms. The van der Waals surface area contributed by atoms with E-state index in [2.05, 4.69) is 17.0 Å². The van der Waals surface area contributed by atoms with Gasteiger partial charge in [0.05, 0.1) is 10.9 Å². The molecule has 0 spiro atoms. The molecule has 22 heavy (non-hydrogen) atoms. The fourth-order valence-corrected chi connectivity index (χ4v) is 4.30. The quantitative estimate of drug-likeness (QED) is 0.489. The number of nitrogens with one attached hydrogen (secondary N) is 1. The lowest BCUT2D eigenvalue weighted by Crippen LogP contribution is -2.30. The number of nitrogens with zero attached hydrogens (tertiary/aromatic N) is 2. The lowest BCUT2D eigenvalue weighted by Gasteiger charge is -2.08. The van der Waals surface area contributed by atoms with Crippen molar-refractivity contribution in [2.45, 2.75) is 23.4 Å². The van der Waals surface area contributed by atoms with Crippen LogP contribution in [0.5, 0.6) is 0 Å². The first kappa shape index (κ1) is 16.9. The van der Waals surface area contributed by atoms with Gasteiger partial charge in [0, 0.05) is 6.54 Å². The summed E-state index contributed by atoms with van der Waals surface area (Å²) in [5.41, 5.74) is 2.08. The molecule has 4 nitrogen and oxygen atoms in total. The van der Waals surface area contributed by atoms with Gasteiger partial charge in [-0.2, -0.15) is 0 Å². The largest absolute Gasteiger partial charge is 0.352 e. The van der Waals surface area contributed by atoms with Crippen LogP contribution in [0.2, 0.25) is 0 Å². The Morgan fingerprint density at radius 1 is 1.59 bits per heavy atom. The highest BCUT2D eigenvalue weighted by molar-refractivity contribution is 8.02. The van der Waals surface area contributed by atoms with Gasteiger partial charge in [-0.15, -0.1) is 11.7 Å². The number of carbonyl (C=O) groups excluding carboxylic acids is 1. The van der Waals surface area contributed by atoms with E-state index in [-0.39, 0.29) is 11.2 Å². The van der Waals surface area contributed by atoms with Crippen molar-refractivity contribution in [1.82, 2.24) is 15.1 Å². The van der Waals surface area contributed by atoms with E-state index >= 15 is 0 Å². The molecule has 1 amide bonds. The Balaban J connectivity index is 2.17. The van der Waals surface area contributed by atoms with Gasteiger partial charge in [-0.25, -0.2) is 4.68 Å². The van der Waals surface area contributed by atoms with Crippen molar-refractivity contribution in [1.29, 1.82) is 0 Å². The molecule has 2 rings (SSSR count). The summed E-state index contributed by atoms with van der Waals surface area (Å²) in [5, 5.41) is 7.09. The average molecular weight is 352 g/mol. The number of carbonyl (C=O) groups is 1. The molecule has 0 unspecified atom stereocenters. The van der Waals surface area contributed by atoms with E-state index in [4.69, 9.17) is 12.2 Å². The van der Waals surface area contributed by atoms with Crippen molar-refractivity contribution >= 4 is 41.2 Å². The van der Waals surface area contributed by atoms with Crippen molar-refractivity contribution in [3.63, 3.8) is 0 Å². The number of benzene rings is 1. The van der Waals surface area contributed by atoms with Gasteiger partial charge in [0.1, 0.15) is 0 Å². The SMILES string of the molecule is C=CCNC(=O)[C@H](C)Sc1nn(-c2ccccc2C)c(=S)s1. The van der Waals surface area contributed by atoms with Crippen LogP contribution >= 0.6 is 35.3 Å². The number of hydrogen-bond donors (Lipinski definition) is 1. The minimum Gasteiger partial charge on any atom is -0.352 e. The van der Waals surface area contributed by atoms with Gasteiger partial charge in [0.15, 0.2) is 8.29 Å². The first-order valence-electron chi connectivity index (χ1n) is 6.74. The first-order valence-corrected chi connectivity index (χ1v) is 8.84. The molecule has 0 saturated heterocycles. The predicted molar refractivity (Wildman–Crippen MR) is 95.5 cm³/mol. The van der Waals surface area contributed by atoms with Crippen LogP contribution in [0, 0.1) is 10.9 Å². The van der Waals surface area contributed by atoms with Crippen molar-refractivity contribution in [3.8, 4) is 5.69 Å². The summed E-state index contributed by atoms with van der Waals surface area (Å²) in [6, 6.07) is 7.95. The third-order valence-electron chi connectivity index (χ3n) is 2.94. The molecule has 1 N–H and O–H groups in total. The summed E-state index contributed by atoms with van der Waals surface area (Å²) in [6.45, 7) is 7.93. The van der Waals surface area contributed by atoms with Gasteiger partial charge < -0.3 is 5.32 Å². The normalized spacial score (nSPS) is 11.9. The Hall–Kier alpha value is -1.44. The van der Waals surface area contributed by atoms with Gasteiger partial charge in [0.25, 0.3) is 0 Å². The van der Waals surface area contributed by atoms with Crippen LogP contribution in [0.15, 0.2) is 41.3 Å². The zero-order valence-electron chi connectivity index (χ0n) is 12.4. The minimum atomic E-state index is -0.231. The van der Waals surface area contributed by atoms with Crippen LogP contribution in [0.1, 0.15) is 12.5 Å². The zero-order chi connectivity index (χ0) is 16.1. The fourth-order valence-electron chi connectivity index (χ4n) is 1.78. The highest BCUT2D eigenvalue weighted by atomic mass is 32.2. The summed E-state index contributed by atoms with van der Waals surface area (Å²) >= 11 is 8.22. The summed E-state index contributed by atoms with van der Waals surface area (Å²) < 4.78 is 3.22. The molecule has 7 heteroatoms. The Kier molecular flexibility index (Phi) is 5.93. The zero-order valence-corrected chi connectivity index (χ0v) is 14.9. The number of amides is 1. The van der Waals surface area contributed by atoms with Crippen molar-refractivity contribution < 1.29 is 4.79 Å². The van der Waals surface area contributed by atoms with Crippen LogP contribution in [-0.2, 0) is 4.79 Å². The maximum absolute atomic E-state index is 11.9. The molecule has 0 radical (unpaired) electrons. The molecule has 116 valence electrons. The molecule has 1 aromatic carbocycles. The number of aryl methyl sites for hydroxylation is 1. The molecule has 0 saturated carbocycles. The smallest absolute Gasteiger partial charge is 0.233 e. The Morgan fingerprint density at radius 2 is 2.32 bits per heavy atom. The van der Waals surface area contributed by atoms with Gasteiger partial charge in [-0.1, -0.05) is 47.4 Å². The van der Waals surface area contributed by atoms with E-state index in [1.54, 1.807) is 10.8 Å². The summed E-state index contributed by atoms with van der Waals surface area (Å²) in [4.78, 5) is 11.9. The third kappa shape index (κ3) is 4.06. The second-order valence-electron chi connectivity index (χ2n) is 4.63. The van der Waals surface area contributed by atoms with E-state index < -0.39 is 0 Å². The van der Waals surface area contributed by atoms with Crippen molar-refractivity contribution in [3.05, 3.63) is 46.4 Å². The van der Waals surface area contributed by atoms with Crippen LogP contribution in [0.25, 0.3) is 5.69 Å². The second-order valence-corrected chi connectivity index (χ2v) is 7.84. The highest BCUT2D eigenvalue weighted by Crippen LogP contribution is 2.28. The van der Waals surface area contributed by atoms with Gasteiger partial charge in [-0.05, 0) is 37.7 Å². The monoisotopic (exact) mass is 351 g/mol. The van der Waals surface area contributed by atoms with Crippen molar-refractivity contribution in [2.24, 2.45) is 0 Å². The Bertz CT molecular complexity index is 736. The first-order chi connectivity index (χ1) is 10.5. The van der Waals surface area contributed by atoms with Gasteiger partial charge >= 0.3 is 0 Å². The summed E-state index contributed by atoms with van der Waals surface area (Å²) in [5.74, 6) is -0.0338. The molecular weight excluding hydrogens is 334 g/mol. The minimum absolute atomic E-state index is 0.0338. The maximum Gasteiger partial charge on any atom is 0.233 e. The molecule has 0 aliphatic carbocycles. The number of hydrogen-bond acceptors (Lipinski definition) is 5. The molecule has 2 aromatic rings. The number of aromatic nitrogens is 2. The average Bonchev–Trinajstić information content (AvgIpc) is 2.85. The Morgan fingerprint density at radius 3 is 3.00 bits per heavy atom. The number of rotatable bonds is 6. The molecule has 1 atom stereocenters. The second kappa shape index (κ2) is 7.71. The lowest BCUT2D eigenvalue weighted by atomic mass is 10.2. The van der Waals surface area contributed by atoms with E-state index in [0.717, 1.165) is 15.6 Å².